The number of carbonyl (C=O) groups is 2. The maximum absolute atomic E-state index is 12.2. The molecule has 1 atom stereocenters. The van der Waals surface area contributed by atoms with Crippen molar-refractivity contribution in [2.75, 3.05) is 32.8 Å². The number of hydrogen-bond donors (Lipinski definition) is 1. The van der Waals surface area contributed by atoms with Gasteiger partial charge in [0.05, 0.1) is 19.3 Å². The lowest BCUT2D eigenvalue weighted by atomic mass is 10.1. The summed E-state index contributed by atoms with van der Waals surface area (Å²) in [6.45, 7) is 10.3. The number of carbonyl (C=O) groups excluding carboxylic acids is 1. The lowest BCUT2D eigenvalue weighted by Gasteiger charge is -2.26. The Morgan fingerprint density at radius 2 is 1.88 bits per heavy atom. The Hall–Kier alpha value is -1.40. The highest BCUT2D eigenvalue weighted by Gasteiger charge is 2.17. The van der Waals surface area contributed by atoms with Gasteiger partial charge in [0, 0.05) is 24.7 Å². The number of morpholine rings is 1. The second-order valence-corrected chi connectivity index (χ2v) is 6.76. The van der Waals surface area contributed by atoms with Gasteiger partial charge in [-0.2, -0.15) is 0 Å². The maximum atomic E-state index is 12.2. The number of ether oxygens (including phenoxy) is 2. The van der Waals surface area contributed by atoms with Crippen molar-refractivity contribution in [2.24, 2.45) is 5.92 Å². The molecule has 1 heterocycles. The third-order valence-corrected chi connectivity index (χ3v) is 3.95. The SMILES string of the molecule is CC(C)CC(C)OC(=O)/C(=C/C(=O)O)CCCCN1CCOCC1. The summed E-state index contributed by atoms with van der Waals surface area (Å²) >= 11 is 0. The van der Waals surface area contributed by atoms with E-state index >= 15 is 0 Å². The van der Waals surface area contributed by atoms with Crippen molar-refractivity contribution in [3.8, 4) is 0 Å². The molecule has 6 nitrogen and oxygen atoms in total. The highest BCUT2D eigenvalue weighted by molar-refractivity contribution is 5.95. The van der Waals surface area contributed by atoms with Crippen LogP contribution in [0.4, 0.5) is 0 Å². The monoisotopic (exact) mass is 341 g/mol. The zero-order valence-corrected chi connectivity index (χ0v) is 15.1. The number of carboxylic acid groups (broad SMARTS) is 1. The minimum absolute atomic E-state index is 0.206. The first-order valence-corrected chi connectivity index (χ1v) is 8.83. The van der Waals surface area contributed by atoms with Crippen molar-refractivity contribution in [2.45, 2.75) is 52.6 Å². The number of rotatable bonds is 10. The molecule has 0 aromatic heterocycles. The minimum Gasteiger partial charge on any atom is -0.478 e. The van der Waals surface area contributed by atoms with Gasteiger partial charge in [-0.3, -0.25) is 4.90 Å². The summed E-state index contributed by atoms with van der Waals surface area (Å²) in [6.07, 6.45) is 3.67. The molecule has 1 N–H and O–H groups in total. The molecule has 138 valence electrons. The number of esters is 1. The van der Waals surface area contributed by atoms with E-state index in [4.69, 9.17) is 14.6 Å². The molecule has 0 saturated carbocycles. The Morgan fingerprint density at radius 3 is 2.46 bits per heavy atom. The molecule has 6 heteroatoms. The van der Waals surface area contributed by atoms with Gasteiger partial charge >= 0.3 is 11.9 Å². The molecule has 24 heavy (non-hydrogen) atoms. The summed E-state index contributed by atoms with van der Waals surface area (Å²) in [6, 6.07) is 0. The summed E-state index contributed by atoms with van der Waals surface area (Å²) in [5.41, 5.74) is 0.250. The van der Waals surface area contributed by atoms with Gasteiger partial charge in [0.25, 0.3) is 0 Å². The van der Waals surface area contributed by atoms with Crippen LogP contribution in [-0.4, -0.2) is 60.9 Å². The van der Waals surface area contributed by atoms with E-state index in [9.17, 15) is 9.59 Å². The van der Waals surface area contributed by atoms with E-state index in [1.807, 2.05) is 6.92 Å². The number of carboxylic acids is 1. The topological polar surface area (TPSA) is 76.1 Å². The molecule has 0 radical (unpaired) electrons. The maximum Gasteiger partial charge on any atom is 0.334 e. The molecule has 1 unspecified atom stereocenters. The van der Waals surface area contributed by atoms with Gasteiger partial charge in [0.15, 0.2) is 0 Å². The van der Waals surface area contributed by atoms with Gasteiger partial charge < -0.3 is 14.6 Å². The second kappa shape index (κ2) is 11.2. The zero-order valence-electron chi connectivity index (χ0n) is 15.1. The molecule has 1 fully saturated rings. The number of nitrogens with zero attached hydrogens (tertiary/aromatic N) is 1. The average molecular weight is 341 g/mol. The first-order valence-electron chi connectivity index (χ1n) is 8.83. The minimum atomic E-state index is -1.10. The van der Waals surface area contributed by atoms with Crippen LogP contribution < -0.4 is 0 Å². The molecule has 1 rings (SSSR count). The van der Waals surface area contributed by atoms with Crippen LogP contribution in [0.3, 0.4) is 0 Å². The fourth-order valence-electron chi connectivity index (χ4n) is 2.83. The molecule has 0 bridgehead atoms. The first-order chi connectivity index (χ1) is 11.4. The Morgan fingerprint density at radius 1 is 1.21 bits per heavy atom. The molecule has 0 aromatic rings. The van der Waals surface area contributed by atoms with E-state index in [-0.39, 0.29) is 11.7 Å². The number of unbranched alkanes of at least 4 members (excludes halogenated alkanes) is 1. The number of hydrogen-bond acceptors (Lipinski definition) is 5. The summed E-state index contributed by atoms with van der Waals surface area (Å²) in [7, 11) is 0. The van der Waals surface area contributed by atoms with Gasteiger partial charge in [0.2, 0.25) is 0 Å². The molecule has 1 saturated heterocycles. The van der Waals surface area contributed by atoms with E-state index in [1.165, 1.54) is 0 Å². The third kappa shape index (κ3) is 9.03. The van der Waals surface area contributed by atoms with Crippen LogP contribution >= 0.6 is 0 Å². The van der Waals surface area contributed by atoms with E-state index < -0.39 is 11.9 Å². The predicted molar refractivity (Wildman–Crippen MR) is 91.8 cm³/mol. The zero-order chi connectivity index (χ0) is 17.9. The van der Waals surface area contributed by atoms with Gasteiger partial charge in [-0.1, -0.05) is 13.8 Å². The van der Waals surface area contributed by atoms with Crippen LogP contribution in [0.5, 0.6) is 0 Å². The largest absolute Gasteiger partial charge is 0.478 e. The third-order valence-electron chi connectivity index (χ3n) is 3.95. The van der Waals surface area contributed by atoms with Gasteiger partial charge in [-0.15, -0.1) is 0 Å². The van der Waals surface area contributed by atoms with Crippen LogP contribution in [0.1, 0.15) is 46.5 Å². The van der Waals surface area contributed by atoms with Crippen LogP contribution in [0.25, 0.3) is 0 Å². The Kier molecular flexibility index (Phi) is 9.64. The number of aliphatic carboxylic acids is 1. The average Bonchev–Trinajstić information content (AvgIpc) is 2.50. The van der Waals surface area contributed by atoms with Crippen LogP contribution in [0.15, 0.2) is 11.6 Å². The normalized spacial score (nSPS) is 17.8. The molecular weight excluding hydrogens is 310 g/mol. The fraction of sp³-hybridized carbons (Fsp3) is 0.778. The van der Waals surface area contributed by atoms with Crippen LogP contribution in [-0.2, 0) is 19.1 Å². The van der Waals surface area contributed by atoms with Crippen molar-refractivity contribution in [1.82, 2.24) is 4.90 Å². The van der Waals surface area contributed by atoms with Gasteiger partial charge in [-0.25, -0.2) is 9.59 Å². The second-order valence-electron chi connectivity index (χ2n) is 6.76. The predicted octanol–water partition coefficient (Wildman–Crippen LogP) is 2.48. The molecular formula is C18H31NO5. The first kappa shape index (κ1) is 20.6. The highest BCUT2D eigenvalue weighted by atomic mass is 16.5. The molecule has 0 spiro atoms. The molecule has 0 aromatic carbocycles. The van der Waals surface area contributed by atoms with E-state index in [1.54, 1.807) is 0 Å². The van der Waals surface area contributed by atoms with Crippen molar-refractivity contribution < 1.29 is 24.2 Å². The quantitative estimate of drug-likeness (QED) is 0.374. The van der Waals surface area contributed by atoms with Gasteiger partial charge in [-0.05, 0) is 45.1 Å². The van der Waals surface area contributed by atoms with E-state index in [2.05, 4.69) is 18.7 Å². The summed E-state index contributed by atoms with van der Waals surface area (Å²) in [5, 5.41) is 8.97. The standard InChI is InChI=1S/C18H31NO5/c1-14(2)12-15(3)24-18(22)16(13-17(20)21)6-4-5-7-19-8-10-23-11-9-19/h13-15H,4-12H2,1-3H3,(H,20,21)/b16-13+. The lowest BCUT2D eigenvalue weighted by molar-refractivity contribution is -0.145. The molecule has 1 aliphatic rings. The summed E-state index contributed by atoms with van der Waals surface area (Å²) < 4.78 is 10.7. The summed E-state index contributed by atoms with van der Waals surface area (Å²) in [5.74, 6) is -1.18. The highest BCUT2D eigenvalue weighted by Crippen LogP contribution is 2.15. The Balaban J connectivity index is 2.41. The van der Waals surface area contributed by atoms with E-state index in [0.717, 1.165) is 58.2 Å². The molecule has 0 aliphatic carbocycles. The van der Waals surface area contributed by atoms with E-state index in [0.29, 0.717) is 12.3 Å². The van der Waals surface area contributed by atoms with Crippen LogP contribution in [0, 0.1) is 5.92 Å². The van der Waals surface area contributed by atoms with Crippen molar-refractivity contribution in [3.63, 3.8) is 0 Å². The Bertz CT molecular complexity index is 427. The Labute approximate surface area is 144 Å². The van der Waals surface area contributed by atoms with Crippen molar-refractivity contribution in [3.05, 3.63) is 11.6 Å². The molecule has 0 amide bonds. The lowest BCUT2D eigenvalue weighted by Crippen LogP contribution is -2.36. The van der Waals surface area contributed by atoms with Crippen molar-refractivity contribution >= 4 is 11.9 Å². The van der Waals surface area contributed by atoms with Crippen molar-refractivity contribution in [1.29, 1.82) is 0 Å². The van der Waals surface area contributed by atoms with Crippen LogP contribution in [0.2, 0.25) is 0 Å². The molecule has 1 aliphatic heterocycles. The van der Waals surface area contributed by atoms with Gasteiger partial charge in [0.1, 0.15) is 0 Å². The smallest absolute Gasteiger partial charge is 0.334 e. The fourth-order valence-corrected chi connectivity index (χ4v) is 2.83. The summed E-state index contributed by atoms with van der Waals surface area (Å²) in [4.78, 5) is 25.5.